The highest BCUT2D eigenvalue weighted by Crippen LogP contribution is 2.50. The van der Waals surface area contributed by atoms with Gasteiger partial charge >= 0.3 is 0 Å². The molecule has 14 rings (SSSR count). The normalized spacial score (nSPS) is 12.8. The van der Waals surface area contributed by atoms with E-state index in [1.165, 1.54) is 97.8 Å². The molecule has 9 aromatic carbocycles. The molecular weight excluding hydrogens is 657 g/mol. The van der Waals surface area contributed by atoms with E-state index in [0.717, 1.165) is 33.7 Å². The molecule has 13 aromatic rings. The van der Waals surface area contributed by atoms with Crippen molar-refractivity contribution in [2.75, 3.05) is 0 Å². The van der Waals surface area contributed by atoms with Gasteiger partial charge in [-0.05, 0) is 35.0 Å². The molecule has 0 N–H and O–H groups in total. The van der Waals surface area contributed by atoms with Gasteiger partial charge in [0, 0.05) is 70.7 Å². The molecule has 0 saturated heterocycles. The second-order valence-electron chi connectivity index (χ2n) is 14.9. The summed E-state index contributed by atoms with van der Waals surface area (Å²) >= 11 is 0. The number of aromatic nitrogens is 4. The Bertz CT molecular complexity index is 3840. The van der Waals surface area contributed by atoms with E-state index in [-0.39, 0.29) is 0 Å². The van der Waals surface area contributed by atoms with Crippen LogP contribution in [0.25, 0.3) is 131 Å². The number of fused-ring (bicyclic) bond motifs is 19. The lowest BCUT2D eigenvalue weighted by Gasteiger charge is -2.13. The molecule has 0 atom stereocenters. The zero-order valence-electron chi connectivity index (χ0n) is 28.8. The Labute approximate surface area is 307 Å². The molecule has 0 fully saturated rings. The summed E-state index contributed by atoms with van der Waals surface area (Å²) in [6.45, 7) is 0. The summed E-state index contributed by atoms with van der Waals surface area (Å²) in [5.74, 6) is 0. The van der Waals surface area contributed by atoms with E-state index in [0.29, 0.717) is 0 Å². The minimum Gasteiger partial charge on any atom is -0.308 e. The second kappa shape index (κ2) is 9.37. The largest absolute Gasteiger partial charge is 0.308 e. The standard InChI is InChI=1S/C50H26N4/c1-2-13-30-27(10-1)22-24-38-44-43-37-20-9-17-32-31-14-5-6-21-41(31)54(48(32)37)50(43)34-16-4-3-15-33(34)49(44)53(47(30)38)29-23-25-39-40(26-29)52-46-36-19-8-12-28-11-7-18-35(42(28)36)45(46)51-39/h1-26H. The van der Waals surface area contributed by atoms with Gasteiger partial charge in [-0.2, -0.15) is 0 Å². The first-order valence-electron chi connectivity index (χ1n) is 18.6. The molecule has 0 radical (unpaired) electrons. The Hall–Kier alpha value is -7.30. The zero-order chi connectivity index (χ0) is 34.8. The van der Waals surface area contributed by atoms with Gasteiger partial charge in [0.2, 0.25) is 0 Å². The summed E-state index contributed by atoms with van der Waals surface area (Å²) < 4.78 is 5.05. The van der Waals surface area contributed by atoms with Gasteiger partial charge in [0.15, 0.2) is 0 Å². The third-order valence-corrected chi connectivity index (χ3v) is 12.3. The van der Waals surface area contributed by atoms with Gasteiger partial charge in [0.1, 0.15) is 0 Å². The molecule has 0 spiro atoms. The minimum atomic E-state index is 0.893. The van der Waals surface area contributed by atoms with Gasteiger partial charge in [-0.1, -0.05) is 133 Å². The second-order valence-corrected chi connectivity index (χ2v) is 14.9. The Morgan fingerprint density at radius 1 is 0.352 bits per heavy atom. The topological polar surface area (TPSA) is 35.1 Å². The highest BCUT2D eigenvalue weighted by Gasteiger charge is 2.28. The van der Waals surface area contributed by atoms with Gasteiger partial charge in [0.05, 0.1) is 50.0 Å². The van der Waals surface area contributed by atoms with Crippen LogP contribution in [0.2, 0.25) is 0 Å². The van der Waals surface area contributed by atoms with E-state index in [2.05, 4.69) is 167 Å². The van der Waals surface area contributed by atoms with E-state index in [1.54, 1.807) is 0 Å². The number of nitrogens with zero attached hydrogens (tertiary/aromatic N) is 4. The molecular formula is C50H26N4. The van der Waals surface area contributed by atoms with Crippen LogP contribution < -0.4 is 0 Å². The van der Waals surface area contributed by atoms with Gasteiger partial charge in [-0.15, -0.1) is 0 Å². The van der Waals surface area contributed by atoms with Crippen LogP contribution >= 0.6 is 0 Å². The molecule has 4 heteroatoms. The maximum atomic E-state index is 5.40. The average molecular weight is 683 g/mol. The number of hydrogen-bond acceptors (Lipinski definition) is 2. The van der Waals surface area contributed by atoms with E-state index in [4.69, 9.17) is 9.97 Å². The number of benzene rings is 9. The average Bonchev–Trinajstić information content (AvgIpc) is 3.96. The van der Waals surface area contributed by atoms with E-state index in [9.17, 15) is 0 Å². The smallest absolute Gasteiger partial charge is 0.0979 e. The first-order chi connectivity index (χ1) is 26.8. The van der Waals surface area contributed by atoms with Crippen molar-refractivity contribution in [1.82, 2.24) is 18.9 Å². The lowest BCUT2D eigenvalue weighted by atomic mass is 9.97. The van der Waals surface area contributed by atoms with Crippen LogP contribution in [0.4, 0.5) is 0 Å². The predicted octanol–water partition coefficient (Wildman–Crippen LogP) is 13.0. The van der Waals surface area contributed by atoms with Crippen molar-refractivity contribution in [2.45, 2.75) is 0 Å². The molecule has 4 nitrogen and oxygen atoms in total. The highest BCUT2D eigenvalue weighted by atomic mass is 15.0. The fourth-order valence-electron chi connectivity index (χ4n) is 10.2. The lowest BCUT2D eigenvalue weighted by Crippen LogP contribution is -1.98. The summed E-state index contributed by atoms with van der Waals surface area (Å²) in [6.07, 6.45) is 0. The summed E-state index contributed by atoms with van der Waals surface area (Å²) in [5.41, 5.74) is 13.4. The van der Waals surface area contributed by atoms with E-state index in [1.807, 2.05) is 0 Å². The van der Waals surface area contributed by atoms with Crippen LogP contribution in [0.1, 0.15) is 0 Å². The maximum Gasteiger partial charge on any atom is 0.0979 e. The molecule has 0 amide bonds. The molecule has 1 aliphatic carbocycles. The van der Waals surface area contributed by atoms with Crippen LogP contribution in [0, 0.1) is 0 Å². The van der Waals surface area contributed by atoms with Crippen LogP contribution in [-0.2, 0) is 0 Å². The zero-order valence-corrected chi connectivity index (χ0v) is 28.8. The fraction of sp³-hybridized carbons (Fsp3) is 0. The molecule has 4 aromatic heterocycles. The van der Waals surface area contributed by atoms with Crippen LogP contribution in [0.5, 0.6) is 0 Å². The number of rotatable bonds is 1. The Morgan fingerprint density at radius 3 is 1.78 bits per heavy atom. The van der Waals surface area contributed by atoms with Crippen molar-refractivity contribution in [3.63, 3.8) is 0 Å². The SMILES string of the molecule is c1cc2c3c(cccc3c1)-c1nc3cc(-n4c5c6ccccc6ccc5c5c6c7cccc8c9ccccc9n(c87)c6c6ccccc6c54)ccc3nc1-2. The minimum absolute atomic E-state index is 0.893. The van der Waals surface area contributed by atoms with Crippen molar-refractivity contribution < 1.29 is 0 Å². The first-order valence-corrected chi connectivity index (χ1v) is 18.6. The molecule has 4 heterocycles. The van der Waals surface area contributed by atoms with Crippen molar-refractivity contribution in [2.24, 2.45) is 0 Å². The highest BCUT2D eigenvalue weighted by molar-refractivity contribution is 6.40. The summed E-state index contributed by atoms with van der Waals surface area (Å²) in [7, 11) is 0. The molecule has 0 aliphatic heterocycles. The van der Waals surface area contributed by atoms with E-state index >= 15 is 0 Å². The van der Waals surface area contributed by atoms with Gasteiger partial charge < -0.3 is 8.97 Å². The Balaban J connectivity index is 1.19. The van der Waals surface area contributed by atoms with Gasteiger partial charge in [-0.3, -0.25) is 0 Å². The molecule has 0 unspecified atom stereocenters. The van der Waals surface area contributed by atoms with Crippen molar-refractivity contribution in [3.05, 3.63) is 158 Å². The fourth-order valence-corrected chi connectivity index (χ4v) is 10.2. The molecule has 246 valence electrons. The molecule has 0 saturated carbocycles. The summed E-state index contributed by atoms with van der Waals surface area (Å²) in [5, 5.41) is 15.1. The summed E-state index contributed by atoms with van der Waals surface area (Å²) in [6, 6.07) is 57.8. The number of hydrogen-bond donors (Lipinski definition) is 0. The quantitative estimate of drug-likeness (QED) is 0.173. The lowest BCUT2D eigenvalue weighted by molar-refractivity contribution is 1.19. The first kappa shape index (κ1) is 27.4. The summed E-state index contributed by atoms with van der Waals surface area (Å²) in [4.78, 5) is 10.7. The molecule has 1 aliphatic rings. The van der Waals surface area contributed by atoms with E-state index < -0.39 is 0 Å². The number of para-hydroxylation sites is 2. The van der Waals surface area contributed by atoms with Crippen LogP contribution in [-0.4, -0.2) is 18.9 Å². The van der Waals surface area contributed by atoms with Gasteiger partial charge in [-0.25, -0.2) is 9.97 Å². The molecule has 0 bridgehead atoms. The third kappa shape index (κ3) is 3.11. The third-order valence-electron chi connectivity index (χ3n) is 12.3. The Kier molecular flexibility index (Phi) is 4.75. The monoisotopic (exact) mass is 682 g/mol. The van der Waals surface area contributed by atoms with Crippen molar-refractivity contribution >= 4 is 103 Å². The van der Waals surface area contributed by atoms with Crippen molar-refractivity contribution in [1.29, 1.82) is 0 Å². The van der Waals surface area contributed by atoms with Crippen LogP contribution in [0.3, 0.4) is 0 Å². The molecule has 54 heavy (non-hydrogen) atoms. The predicted molar refractivity (Wildman–Crippen MR) is 225 cm³/mol. The van der Waals surface area contributed by atoms with Crippen molar-refractivity contribution in [3.8, 4) is 28.2 Å². The maximum absolute atomic E-state index is 5.40. The van der Waals surface area contributed by atoms with Crippen LogP contribution in [0.15, 0.2) is 158 Å². The Morgan fingerprint density at radius 2 is 0.944 bits per heavy atom. The van der Waals surface area contributed by atoms with Gasteiger partial charge in [0.25, 0.3) is 0 Å².